The molecule has 4 rings (SSSR count). The van der Waals surface area contributed by atoms with Gasteiger partial charge in [-0.25, -0.2) is 0 Å². The van der Waals surface area contributed by atoms with Gasteiger partial charge in [0.1, 0.15) is 0 Å². The molecule has 25 heavy (non-hydrogen) atoms. The highest BCUT2D eigenvalue weighted by atomic mass is 16.5. The maximum absolute atomic E-state index is 13.0. The molecule has 2 aliphatic heterocycles. The Bertz CT molecular complexity index is 822. The van der Waals surface area contributed by atoms with Crippen molar-refractivity contribution in [3.05, 3.63) is 42.1 Å². The van der Waals surface area contributed by atoms with E-state index in [9.17, 15) is 9.59 Å². The van der Waals surface area contributed by atoms with Crippen molar-refractivity contribution in [1.29, 1.82) is 0 Å². The zero-order valence-corrected chi connectivity index (χ0v) is 14.2. The second-order valence-corrected chi connectivity index (χ2v) is 6.62. The lowest BCUT2D eigenvalue weighted by atomic mass is 10.1. The Hall–Kier alpha value is -2.47. The maximum Gasteiger partial charge on any atom is 0.255 e. The van der Waals surface area contributed by atoms with Crippen molar-refractivity contribution in [2.45, 2.75) is 24.9 Å². The molecule has 6 heteroatoms. The maximum atomic E-state index is 13.0. The van der Waals surface area contributed by atoms with Crippen LogP contribution in [-0.2, 0) is 9.53 Å². The smallest absolute Gasteiger partial charge is 0.255 e. The van der Waals surface area contributed by atoms with Gasteiger partial charge in [0.15, 0.2) is 0 Å². The van der Waals surface area contributed by atoms with Crippen LogP contribution in [0, 0.1) is 0 Å². The summed E-state index contributed by atoms with van der Waals surface area (Å²) in [5.41, 5.74) is 1.46. The van der Waals surface area contributed by atoms with Crippen LogP contribution in [0.25, 0.3) is 10.9 Å². The summed E-state index contributed by atoms with van der Waals surface area (Å²) in [5, 5.41) is 0.952. The quantitative estimate of drug-likeness (QED) is 0.850. The van der Waals surface area contributed by atoms with Gasteiger partial charge in [0, 0.05) is 38.2 Å². The number of carbonyl (C=O) groups is 2. The summed E-state index contributed by atoms with van der Waals surface area (Å²) in [7, 11) is 1.63. The summed E-state index contributed by atoms with van der Waals surface area (Å²) in [4.78, 5) is 33.4. The number of pyridine rings is 1. The number of fused-ring (bicyclic) bond motifs is 2. The third-order valence-electron chi connectivity index (χ3n) is 5.25. The third-order valence-corrected chi connectivity index (χ3v) is 5.25. The number of benzene rings is 1. The van der Waals surface area contributed by atoms with E-state index in [1.807, 2.05) is 40.1 Å². The van der Waals surface area contributed by atoms with E-state index < -0.39 is 0 Å². The lowest BCUT2D eigenvalue weighted by Crippen LogP contribution is -2.40. The van der Waals surface area contributed by atoms with E-state index in [1.165, 1.54) is 0 Å². The molecule has 6 nitrogen and oxygen atoms in total. The van der Waals surface area contributed by atoms with Gasteiger partial charge in [0.2, 0.25) is 5.91 Å². The molecule has 2 aliphatic rings. The number of rotatable bonds is 4. The fourth-order valence-corrected chi connectivity index (χ4v) is 4.01. The Morgan fingerprint density at radius 3 is 3.00 bits per heavy atom. The van der Waals surface area contributed by atoms with E-state index >= 15 is 0 Å². The Morgan fingerprint density at radius 2 is 2.16 bits per heavy atom. The molecule has 1 aromatic heterocycles. The molecule has 2 amide bonds. The third kappa shape index (κ3) is 2.76. The van der Waals surface area contributed by atoms with Gasteiger partial charge in [-0.1, -0.05) is 18.2 Å². The monoisotopic (exact) mass is 339 g/mol. The predicted octanol–water partition coefficient (Wildman–Crippen LogP) is 1.70. The minimum Gasteiger partial charge on any atom is -0.383 e. The number of aromatic nitrogens is 1. The van der Waals surface area contributed by atoms with E-state index in [0.29, 0.717) is 31.7 Å². The van der Waals surface area contributed by atoms with Gasteiger partial charge in [-0.3, -0.25) is 14.6 Å². The molecule has 0 aliphatic carbocycles. The number of hydrogen-bond acceptors (Lipinski definition) is 4. The van der Waals surface area contributed by atoms with Crippen LogP contribution in [0.3, 0.4) is 0 Å². The van der Waals surface area contributed by atoms with Crippen LogP contribution in [0.2, 0.25) is 0 Å². The first-order valence-corrected chi connectivity index (χ1v) is 8.63. The summed E-state index contributed by atoms with van der Waals surface area (Å²) >= 11 is 0. The molecule has 130 valence electrons. The molecule has 2 atom stereocenters. The summed E-state index contributed by atoms with van der Waals surface area (Å²) in [6.45, 7) is 1.80. The van der Waals surface area contributed by atoms with Gasteiger partial charge >= 0.3 is 0 Å². The highest BCUT2D eigenvalue weighted by Gasteiger charge is 2.48. The summed E-state index contributed by atoms with van der Waals surface area (Å²) in [5.74, 6) is 0.0772. The molecule has 0 bridgehead atoms. The van der Waals surface area contributed by atoms with E-state index in [-0.39, 0.29) is 23.9 Å². The van der Waals surface area contributed by atoms with Crippen molar-refractivity contribution in [3.8, 4) is 0 Å². The Morgan fingerprint density at radius 1 is 1.32 bits per heavy atom. The molecule has 2 aromatic rings. The van der Waals surface area contributed by atoms with Gasteiger partial charge in [0.05, 0.1) is 29.8 Å². The fraction of sp³-hybridized carbons (Fsp3) is 0.421. The van der Waals surface area contributed by atoms with E-state index in [1.54, 1.807) is 13.3 Å². The van der Waals surface area contributed by atoms with Crippen molar-refractivity contribution >= 4 is 22.7 Å². The standard InChI is InChI=1S/C19H21N3O3/c1-25-9-8-21-16-6-7-22(17(16)11-18(21)23)19(24)14-10-13-4-2-3-5-15(13)20-12-14/h2-5,10,12,16-17H,6-9,11H2,1H3. The van der Waals surface area contributed by atoms with Gasteiger partial charge in [-0.05, 0) is 18.6 Å². The number of hydrogen-bond donors (Lipinski definition) is 0. The van der Waals surface area contributed by atoms with Crippen LogP contribution < -0.4 is 0 Å². The lowest BCUT2D eigenvalue weighted by Gasteiger charge is -2.25. The number of likely N-dealkylation sites (tertiary alicyclic amines) is 2. The first-order chi connectivity index (χ1) is 12.2. The van der Waals surface area contributed by atoms with Crippen LogP contribution in [0.4, 0.5) is 0 Å². The van der Waals surface area contributed by atoms with Crippen LogP contribution in [-0.4, -0.2) is 65.5 Å². The van der Waals surface area contributed by atoms with Crippen molar-refractivity contribution in [2.75, 3.05) is 26.8 Å². The first-order valence-electron chi connectivity index (χ1n) is 8.63. The number of ether oxygens (including phenoxy) is 1. The average molecular weight is 339 g/mol. The fourth-order valence-electron chi connectivity index (χ4n) is 4.01. The lowest BCUT2D eigenvalue weighted by molar-refractivity contribution is -0.129. The molecule has 2 fully saturated rings. The molecule has 0 spiro atoms. The molecule has 0 saturated carbocycles. The number of para-hydroxylation sites is 1. The van der Waals surface area contributed by atoms with Gasteiger partial charge in [-0.2, -0.15) is 0 Å². The second-order valence-electron chi connectivity index (χ2n) is 6.62. The topological polar surface area (TPSA) is 62.7 Å². The predicted molar refractivity (Wildman–Crippen MR) is 93.2 cm³/mol. The molecule has 2 unspecified atom stereocenters. The molecule has 3 heterocycles. The molecule has 1 aromatic carbocycles. The summed E-state index contributed by atoms with van der Waals surface area (Å²) in [6, 6.07) is 9.71. The van der Waals surface area contributed by atoms with Crippen LogP contribution in [0.5, 0.6) is 0 Å². The van der Waals surface area contributed by atoms with Gasteiger partial charge in [-0.15, -0.1) is 0 Å². The van der Waals surface area contributed by atoms with Gasteiger partial charge < -0.3 is 14.5 Å². The molecular formula is C19H21N3O3. The van der Waals surface area contributed by atoms with E-state index in [0.717, 1.165) is 17.3 Å². The average Bonchev–Trinajstić information content (AvgIpc) is 3.17. The zero-order valence-electron chi connectivity index (χ0n) is 14.2. The van der Waals surface area contributed by atoms with Crippen molar-refractivity contribution < 1.29 is 14.3 Å². The highest BCUT2D eigenvalue weighted by Crippen LogP contribution is 2.33. The minimum atomic E-state index is -0.0386. The highest BCUT2D eigenvalue weighted by molar-refractivity contribution is 5.98. The van der Waals surface area contributed by atoms with Crippen molar-refractivity contribution in [1.82, 2.24) is 14.8 Å². The normalized spacial score (nSPS) is 22.7. The molecule has 2 saturated heterocycles. The largest absolute Gasteiger partial charge is 0.383 e. The van der Waals surface area contributed by atoms with E-state index in [2.05, 4.69) is 4.98 Å². The molecular weight excluding hydrogens is 318 g/mol. The summed E-state index contributed by atoms with van der Waals surface area (Å²) in [6.07, 6.45) is 2.87. The first kappa shape index (κ1) is 16.0. The van der Waals surface area contributed by atoms with E-state index in [4.69, 9.17) is 4.74 Å². The Balaban J connectivity index is 1.55. The number of methoxy groups -OCH3 is 1. The minimum absolute atomic E-state index is 0.0351. The second kappa shape index (κ2) is 6.44. The van der Waals surface area contributed by atoms with Crippen LogP contribution in [0.15, 0.2) is 36.5 Å². The number of carbonyl (C=O) groups excluding carboxylic acids is 2. The molecule has 0 N–H and O–H groups in total. The van der Waals surface area contributed by atoms with Crippen molar-refractivity contribution in [3.63, 3.8) is 0 Å². The van der Waals surface area contributed by atoms with Gasteiger partial charge in [0.25, 0.3) is 5.91 Å². The Kier molecular flexibility index (Phi) is 4.13. The molecule has 0 radical (unpaired) electrons. The summed E-state index contributed by atoms with van der Waals surface area (Å²) < 4.78 is 5.10. The number of amides is 2. The van der Waals surface area contributed by atoms with Crippen molar-refractivity contribution in [2.24, 2.45) is 0 Å². The number of nitrogens with zero attached hydrogens (tertiary/aromatic N) is 3. The van der Waals surface area contributed by atoms with Crippen LogP contribution >= 0.6 is 0 Å². The zero-order chi connectivity index (χ0) is 17.4. The Labute approximate surface area is 146 Å². The van der Waals surface area contributed by atoms with Crippen LogP contribution in [0.1, 0.15) is 23.2 Å². The SMILES string of the molecule is COCCN1C(=O)CC2C1CCN2C(=O)c1cnc2ccccc2c1.